The number of hydrogen-bond donors (Lipinski definition) is 0. The second-order valence-corrected chi connectivity index (χ2v) is 7.02. The maximum absolute atomic E-state index is 11.4. The molecule has 115 valence electrons. The van der Waals surface area contributed by atoms with E-state index in [1.807, 2.05) is 48.5 Å². The molecule has 1 aromatic heterocycles. The molecule has 0 saturated carbocycles. The van der Waals surface area contributed by atoms with E-state index in [1.165, 1.54) is 18.3 Å². The van der Waals surface area contributed by atoms with Crippen molar-refractivity contribution in [1.82, 2.24) is 4.98 Å². The highest BCUT2D eigenvalue weighted by atomic mass is 32.2. The van der Waals surface area contributed by atoms with Crippen molar-refractivity contribution in [2.45, 2.75) is 4.90 Å². The van der Waals surface area contributed by atoms with Crippen molar-refractivity contribution in [3.8, 4) is 22.8 Å². The molecule has 4 nitrogen and oxygen atoms in total. The smallest absolute Gasteiger partial charge is 0.219 e. The molecule has 1 heterocycles. The fourth-order valence-electron chi connectivity index (χ4n) is 2.04. The lowest BCUT2D eigenvalue weighted by atomic mass is 10.1. The number of sulfone groups is 1. The Morgan fingerprint density at radius 1 is 1.00 bits per heavy atom. The van der Waals surface area contributed by atoms with Crippen LogP contribution < -0.4 is 4.74 Å². The monoisotopic (exact) mass is 324 g/mol. The maximum atomic E-state index is 11.4. The summed E-state index contributed by atoms with van der Waals surface area (Å²) in [6.45, 7) is 0. The summed E-state index contributed by atoms with van der Waals surface area (Å²) in [4.78, 5) is 4.18. The van der Waals surface area contributed by atoms with Crippen molar-refractivity contribution in [3.63, 3.8) is 0 Å². The predicted octanol–water partition coefficient (Wildman–Crippen LogP) is 3.74. The molecule has 0 unspecified atom stereocenters. The molecule has 0 fully saturated rings. The van der Waals surface area contributed by atoms with Gasteiger partial charge in [-0.15, -0.1) is 0 Å². The van der Waals surface area contributed by atoms with Gasteiger partial charge in [-0.05, 0) is 35.4 Å². The second-order valence-electron chi connectivity index (χ2n) is 5.01. The quantitative estimate of drug-likeness (QED) is 0.733. The van der Waals surface area contributed by atoms with Gasteiger partial charge >= 0.3 is 0 Å². The van der Waals surface area contributed by atoms with Crippen molar-refractivity contribution in [3.05, 3.63) is 72.9 Å². The summed E-state index contributed by atoms with van der Waals surface area (Å²) in [7, 11) is -3.25. The third kappa shape index (κ3) is 3.76. The van der Waals surface area contributed by atoms with Crippen molar-refractivity contribution < 1.29 is 13.2 Å². The van der Waals surface area contributed by atoms with E-state index < -0.39 is 9.84 Å². The van der Waals surface area contributed by atoms with Crippen molar-refractivity contribution >= 4 is 9.84 Å². The highest BCUT2D eigenvalue weighted by molar-refractivity contribution is 7.90. The van der Waals surface area contributed by atoms with Gasteiger partial charge in [-0.1, -0.05) is 36.4 Å². The minimum atomic E-state index is -3.25. The van der Waals surface area contributed by atoms with Crippen LogP contribution in [0.1, 0.15) is 0 Å². The highest BCUT2D eigenvalue weighted by Gasteiger charge is 2.08. The van der Waals surface area contributed by atoms with E-state index in [0.717, 1.165) is 17.4 Å². The van der Waals surface area contributed by atoms with Gasteiger partial charge in [0.2, 0.25) is 5.88 Å². The lowest BCUT2D eigenvalue weighted by Gasteiger charge is -2.06. The summed E-state index contributed by atoms with van der Waals surface area (Å²) < 4.78 is 28.4. The van der Waals surface area contributed by atoms with Gasteiger partial charge in [-0.2, -0.15) is 0 Å². The molecule has 0 amide bonds. The van der Waals surface area contributed by atoms with Crippen LogP contribution in [-0.2, 0) is 9.84 Å². The van der Waals surface area contributed by atoms with Crippen LogP contribution >= 0.6 is 0 Å². The largest absolute Gasteiger partial charge is 0.439 e. The zero-order chi connectivity index (χ0) is 16.3. The van der Waals surface area contributed by atoms with Gasteiger partial charge in [0.1, 0.15) is 5.75 Å². The Kier molecular flexibility index (Phi) is 4.12. The molecule has 0 aliphatic rings. The minimum Gasteiger partial charge on any atom is -0.439 e. The van der Waals surface area contributed by atoms with Gasteiger partial charge in [0.05, 0.1) is 4.90 Å². The molecule has 0 aliphatic carbocycles. The first-order chi connectivity index (χ1) is 11.0. The predicted molar refractivity (Wildman–Crippen MR) is 88.1 cm³/mol. The molecule has 0 bridgehead atoms. The van der Waals surface area contributed by atoms with Crippen LogP contribution in [0.15, 0.2) is 71.8 Å². The molecule has 0 saturated heterocycles. The molecular weight excluding hydrogens is 310 g/mol. The first-order valence-electron chi connectivity index (χ1n) is 6.93. The number of hydrogen-bond acceptors (Lipinski definition) is 4. The van der Waals surface area contributed by atoms with Gasteiger partial charge in [0.15, 0.2) is 9.84 Å². The molecule has 0 spiro atoms. The lowest BCUT2D eigenvalue weighted by molar-refractivity contribution is 0.462. The Labute approximate surface area is 135 Å². The number of ether oxygens (including phenoxy) is 1. The average molecular weight is 324 g/mol. The SMILES string of the molecule is CS(=O)(=O)c1ccc(Oc2ccc(-c3[c]cccc3)cc2)nc1. The van der Waals surface area contributed by atoms with E-state index in [2.05, 4.69) is 11.1 Å². The van der Waals surface area contributed by atoms with Crippen LogP contribution in [0.2, 0.25) is 0 Å². The van der Waals surface area contributed by atoms with Crippen LogP contribution in [-0.4, -0.2) is 19.7 Å². The molecule has 23 heavy (non-hydrogen) atoms. The number of nitrogens with zero attached hydrogens (tertiary/aromatic N) is 1. The molecular formula is C18H14NO3S. The summed E-state index contributed by atoms with van der Waals surface area (Å²) in [5.74, 6) is 0.973. The third-order valence-electron chi connectivity index (χ3n) is 3.23. The van der Waals surface area contributed by atoms with Crippen LogP contribution in [0.5, 0.6) is 11.6 Å². The van der Waals surface area contributed by atoms with Crippen LogP contribution in [0.25, 0.3) is 11.1 Å². The fourth-order valence-corrected chi connectivity index (χ4v) is 2.60. The van der Waals surface area contributed by atoms with Gasteiger partial charge < -0.3 is 4.74 Å². The number of rotatable bonds is 4. The maximum Gasteiger partial charge on any atom is 0.219 e. The van der Waals surface area contributed by atoms with E-state index in [1.54, 1.807) is 0 Å². The fraction of sp³-hybridized carbons (Fsp3) is 0.0556. The van der Waals surface area contributed by atoms with E-state index >= 15 is 0 Å². The van der Waals surface area contributed by atoms with Gasteiger partial charge in [-0.3, -0.25) is 0 Å². The molecule has 3 aromatic rings. The third-order valence-corrected chi connectivity index (χ3v) is 4.33. The summed E-state index contributed by atoms with van der Waals surface area (Å²) in [6, 6.07) is 21.5. The molecule has 2 aromatic carbocycles. The number of benzene rings is 2. The van der Waals surface area contributed by atoms with Crippen LogP contribution in [0, 0.1) is 6.07 Å². The highest BCUT2D eigenvalue weighted by Crippen LogP contribution is 2.25. The Balaban J connectivity index is 1.76. The van der Waals surface area contributed by atoms with Crippen molar-refractivity contribution in [2.75, 3.05) is 6.26 Å². The Morgan fingerprint density at radius 2 is 1.78 bits per heavy atom. The van der Waals surface area contributed by atoms with E-state index in [-0.39, 0.29) is 4.90 Å². The molecule has 3 rings (SSSR count). The zero-order valence-electron chi connectivity index (χ0n) is 12.4. The van der Waals surface area contributed by atoms with E-state index in [9.17, 15) is 8.42 Å². The summed E-state index contributed by atoms with van der Waals surface area (Å²) in [6.07, 6.45) is 2.43. The normalized spacial score (nSPS) is 11.2. The molecule has 0 N–H and O–H groups in total. The average Bonchev–Trinajstić information content (AvgIpc) is 2.56. The van der Waals surface area contributed by atoms with E-state index in [4.69, 9.17) is 4.74 Å². The molecule has 5 heteroatoms. The lowest BCUT2D eigenvalue weighted by Crippen LogP contribution is -1.98. The van der Waals surface area contributed by atoms with Crippen molar-refractivity contribution in [2.24, 2.45) is 0 Å². The number of aromatic nitrogens is 1. The zero-order valence-corrected chi connectivity index (χ0v) is 13.2. The Bertz CT molecular complexity index is 887. The first-order valence-corrected chi connectivity index (χ1v) is 8.83. The summed E-state index contributed by atoms with van der Waals surface area (Å²) in [5, 5.41) is 0. The first kappa shape index (κ1) is 15.2. The van der Waals surface area contributed by atoms with Crippen LogP contribution in [0.4, 0.5) is 0 Å². The summed E-state index contributed by atoms with van der Waals surface area (Å²) >= 11 is 0. The van der Waals surface area contributed by atoms with E-state index in [0.29, 0.717) is 11.6 Å². The number of pyridine rings is 1. The summed E-state index contributed by atoms with van der Waals surface area (Å²) in [5.41, 5.74) is 2.05. The second kappa shape index (κ2) is 6.22. The van der Waals surface area contributed by atoms with Gasteiger partial charge in [-0.25, -0.2) is 13.4 Å². The standard InChI is InChI=1S/C18H14NO3S/c1-23(20,21)17-11-12-18(19-13-17)22-16-9-7-15(8-10-16)14-5-3-2-4-6-14/h2-5,7-13H,1H3. The molecule has 0 aliphatic heterocycles. The topological polar surface area (TPSA) is 56.3 Å². The van der Waals surface area contributed by atoms with Crippen LogP contribution in [0.3, 0.4) is 0 Å². The van der Waals surface area contributed by atoms with Gasteiger partial charge in [0, 0.05) is 18.5 Å². The Morgan fingerprint density at radius 3 is 2.35 bits per heavy atom. The van der Waals surface area contributed by atoms with Crippen molar-refractivity contribution in [1.29, 1.82) is 0 Å². The van der Waals surface area contributed by atoms with Gasteiger partial charge in [0.25, 0.3) is 0 Å². The molecule has 0 atom stereocenters. The Hall–Kier alpha value is -2.66. The molecule has 1 radical (unpaired) electrons. The minimum absolute atomic E-state index is 0.166.